The lowest BCUT2D eigenvalue weighted by molar-refractivity contribution is -0.117. The van der Waals surface area contributed by atoms with Gasteiger partial charge in [-0.1, -0.05) is 18.2 Å². The first-order valence-corrected chi connectivity index (χ1v) is 10.8. The minimum atomic E-state index is -0.455. The van der Waals surface area contributed by atoms with Crippen LogP contribution < -0.4 is 10.6 Å². The van der Waals surface area contributed by atoms with Gasteiger partial charge >= 0.3 is 6.03 Å². The smallest absolute Gasteiger partial charge is 0.321 e. The Kier molecular flexibility index (Phi) is 5.70. The lowest BCUT2D eigenvalue weighted by Gasteiger charge is -2.28. The van der Waals surface area contributed by atoms with Crippen molar-refractivity contribution in [2.75, 3.05) is 5.75 Å². The number of thioether (sulfide) groups is 1. The Morgan fingerprint density at radius 3 is 2.76 bits per heavy atom. The predicted octanol–water partition coefficient (Wildman–Crippen LogP) is 2.11. The molecule has 1 aromatic heterocycles. The second-order valence-electron chi connectivity index (χ2n) is 7.83. The van der Waals surface area contributed by atoms with Crippen molar-refractivity contribution < 1.29 is 14.7 Å². The molecule has 3 N–H and O–H groups in total. The summed E-state index contributed by atoms with van der Waals surface area (Å²) in [7, 11) is 0. The van der Waals surface area contributed by atoms with Crippen molar-refractivity contribution in [1.82, 2.24) is 30.8 Å². The minimum absolute atomic E-state index is 0.00832. The molecule has 0 spiro atoms. The number of rotatable bonds is 6. The van der Waals surface area contributed by atoms with E-state index in [4.69, 9.17) is 0 Å². The van der Waals surface area contributed by atoms with Gasteiger partial charge in [-0.05, 0) is 78.6 Å². The Labute approximate surface area is 172 Å². The van der Waals surface area contributed by atoms with E-state index in [0.29, 0.717) is 22.7 Å². The number of carbonyl (C=O) groups excluding carboxylic acids is 2. The maximum absolute atomic E-state index is 12.2. The maximum atomic E-state index is 12.2. The van der Waals surface area contributed by atoms with Crippen LogP contribution in [0.1, 0.15) is 32.6 Å². The fourth-order valence-corrected chi connectivity index (χ4v) is 5.26. The predicted molar refractivity (Wildman–Crippen MR) is 107 cm³/mol. The van der Waals surface area contributed by atoms with Crippen LogP contribution in [-0.2, 0) is 4.79 Å². The first kappa shape index (κ1) is 19.7. The van der Waals surface area contributed by atoms with Crippen molar-refractivity contribution in [1.29, 1.82) is 0 Å². The van der Waals surface area contributed by atoms with Crippen LogP contribution in [0.15, 0.2) is 29.4 Å². The average molecular weight is 417 g/mol. The van der Waals surface area contributed by atoms with Gasteiger partial charge < -0.3 is 10.4 Å². The number of hydrogen-bond donors (Lipinski definition) is 3. The molecule has 2 fully saturated rings. The fourth-order valence-electron chi connectivity index (χ4n) is 4.57. The summed E-state index contributed by atoms with van der Waals surface area (Å²) >= 11 is 1.13. The highest BCUT2D eigenvalue weighted by atomic mass is 32.2. The van der Waals surface area contributed by atoms with Crippen molar-refractivity contribution >= 4 is 23.7 Å². The van der Waals surface area contributed by atoms with Crippen LogP contribution in [-0.4, -0.2) is 49.0 Å². The number of phenols is 1. The molecule has 4 unspecified atom stereocenters. The third-order valence-electron chi connectivity index (χ3n) is 5.91. The third-order valence-corrected chi connectivity index (χ3v) is 6.83. The second-order valence-corrected chi connectivity index (χ2v) is 8.77. The number of fused-ring (bicyclic) bond motifs is 2. The molecule has 0 aliphatic heterocycles. The van der Waals surface area contributed by atoms with E-state index in [-0.39, 0.29) is 17.5 Å². The SMILES string of the molecule is CC(NC(=O)NC(=O)CSc1nnnn1-c1ccc(O)cc1)C1CC2CCC1C2. The fraction of sp³-hybridized carbons (Fsp3) is 0.526. The van der Waals surface area contributed by atoms with Crippen LogP contribution in [0.2, 0.25) is 0 Å². The number of aromatic nitrogens is 4. The standard InChI is InChI=1S/C19H24N6O3S/c1-11(16-9-12-2-3-13(16)8-12)20-18(28)21-17(27)10-29-19-22-23-24-25(19)14-4-6-15(26)7-5-14/h4-7,11-13,16,26H,2-3,8-10H2,1H3,(H2,20,21,27,28). The molecule has 2 aliphatic carbocycles. The van der Waals surface area contributed by atoms with E-state index in [1.54, 1.807) is 12.1 Å². The number of benzene rings is 1. The molecule has 154 valence electrons. The number of urea groups is 1. The molecule has 2 aliphatic rings. The zero-order chi connectivity index (χ0) is 20.4. The number of amides is 3. The van der Waals surface area contributed by atoms with Gasteiger partial charge in [0.25, 0.3) is 0 Å². The van der Waals surface area contributed by atoms with Crippen molar-refractivity contribution in [2.24, 2.45) is 17.8 Å². The summed E-state index contributed by atoms with van der Waals surface area (Å²) in [5, 5.41) is 26.6. The maximum Gasteiger partial charge on any atom is 0.321 e. The molecular formula is C19H24N6O3S. The van der Waals surface area contributed by atoms with Crippen molar-refractivity contribution in [3.8, 4) is 11.4 Å². The number of carbonyl (C=O) groups is 2. The second kappa shape index (κ2) is 8.40. The summed E-state index contributed by atoms with van der Waals surface area (Å²) in [4.78, 5) is 24.4. The van der Waals surface area contributed by atoms with E-state index in [0.717, 1.165) is 17.7 Å². The highest BCUT2D eigenvalue weighted by molar-refractivity contribution is 7.99. The van der Waals surface area contributed by atoms with Crippen molar-refractivity contribution in [2.45, 2.75) is 43.8 Å². The molecule has 9 nitrogen and oxygen atoms in total. The summed E-state index contributed by atoms with van der Waals surface area (Å²) in [6, 6.07) is 6.00. The number of hydrogen-bond acceptors (Lipinski definition) is 7. The summed E-state index contributed by atoms with van der Waals surface area (Å²) in [6.45, 7) is 2.02. The van der Waals surface area contributed by atoms with E-state index in [2.05, 4.69) is 26.2 Å². The Bertz CT molecular complexity index is 886. The molecule has 2 aromatic rings. The lowest BCUT2D eigenvalue weighted by atomic mass is 9.84. The Morgan fingerprint density at radius 2 is 2.07 bits per heavy atom. The van der Waals surface area contributed by atoms with Crippen LogP contribution >= 0.6 is 11.8 Å². The largest absolute Gasteiger partial charge is 0.508 e. The molecule has 29 heavy (non-hydrogen) atoms. The van der Waals surface area contributed by atoms with Gasteiger partial charge in [0.15, 0.2) is 0 Å². The Morgan fingerprint density at radius 1 is 1.28 bits per heavy atom. The van der Waals surface area contributed by atoms with Crippen LogP contribution in [0.5, 0.6) is 5.75 Å². The van der Waals surface area contributed by atoms with Gasteiger partial charge in [0.1, 0.15) is 5.75 Å². The van der Waals surface area contributed by atoms with E-state index in [1.165, 1.54) is 42.5 Å². The minimum Gasteiger partial charge on any atom is -0.508 e. The topological polar surface area (TPSA) is 122 Å². The monoisotopic (exact) mass is 416 g/mol. The highest BCUT2D eigenvalue weighted by Crippen LogP contribution is 2.49. The van der Waals surface area contributed by atoms with Crippen LogP contribution in [0, 0.1) is 17.8 Å². The molecule has 1 aromatic carbocycles. The summed E-state index contributed by atoms with van der Waals surface area (Å²) in [5.74, 6) is 1.78. The number of aromatic hydroxyl groups is 1. The molecule has 2 bridgehead atoms. The van der Waals surface area contributed by atoms with E-state index >= 15 is 0 Å². The number of nitrogens with one attached hydrogen (secondary N) is 2. The third kappa shape index (κ3) is 4.52. The molecule has 2 saturated carbocycles. The molecule has 10 heteroatoms. The first-order valence-electron chi connectivity index (χ1n) is 9.80. The highest BCUT2D eigenvalue weighted by Gasteiger charge is 2.42. The van der Waals surface area contributed by atoms with Gasteiger partial charge in [-0.25, -0.2) is 4.79 Å². The van der Waals surface area contributed by atoms with Gasteiger partial charge in [0.2, 0.25) is 11.1 Å². The van der Waals surface area contributed by atoms with Gasteiger partial charge in [0.05, 0.1) is 11.4 Å². The molecule has 4 atom stereocenters. The van der Waals surface area contributed by atoms with E-state index in [1.807, 2.05) is 6.92 Å². The van der Waals surface area contributed by atoms with Crippen LogP contribution in [0.3, 0.4) is 0 Å². The van der Waals surface area contributed by atoms with Crippen LogP contribution in [0.25, 0.3) is 5.69 Å². The van der Waals surface area contributed by atoms with Gasteiger partial charge in [0, 0.05) is 6.04 Å². The number of imide groups is 1. The molecule has 0 saturated heterocycles. The summed E-state index contributed by atoms with van der Waals surface area (Å²) in [6.07, 6.45) is 5.03. The number of tetrazole rings is 1. The van der Waals surface area contributed by atoms with E-state index in [9.17, 15) is 14.7 Å². The number of nitrogens with zero attached hydrogens (tertiary/aromatic N) is 4. The number of phenolic OH excluding ortho intramolecular Hbond substituents is 1. The summed E-state index contributed by atoms with van der Waals surface area (Å²) in [5.41, 5.74) is 0.660. The van der Waals surface area contributed by atoms with Gasteiger partial charge in [-0.15, -0.1) is 5.10 Å². The van der Waals surface area contributed by atoms with Crippen molar-refractivity contribution in [3.05, 3.63) is 24.3 Å². The van der Waals surface area contributed by atoms with Crippen LogP contribution in [0.4, 0.5) is 4.79 Å². The Balaban J connectivity index is 1.26. The lowest BCUT2D eigenvalue weighted by Crippen LogP contribution is -2.47. The normalized spacial score (nSPS) is 23.7. The van der Waals surface area contributed by atoms with Crippen molar-refractivity contribution in [3.63, 3.8) is 0 Å². The Hall–Kier alpha value is -2.62. The van der Waals surface area contributed by atoms with Gasteiger partial charge in [-0.2, -0.15) is 4.68 Å². The average Bonchev–Trinajstić information content (AvgIpc) is 3.43. The summed E-state index contributed by atoms with van der Waals surface area (Å²) < 4.78 is 1.47. The molecule has 1 heterocycles. The quantitative estimate of drug-likeness (QED) is 0.617. The molecule has 3 amide bonds. The zero-order valence-electron chi connectivity index (χ0n) is 16.1. The van der Waals surface area contributed by atoms with Gasteiger partial charge in [-0.3, -0.25) is 10.1 Å². The first-order chi connectivity index (χ1) is 14.0. The molecular weight excluding hydrogens is 392 g/mol. The molecule has 0 radical (unpaired) electrons. The zero-order valence-corrected chi connectivity index (χ0v) is 16.9. The molecule has 4 rings (SSSR count). The van der Waals surface area contributed by atoms with E-state index < -0.39 is 11.9 Å².